The number of aliphatic carboxylic acids is 3. The van der Waals surface area contributed by atoms with Crippen molar-refractivity contribution in [3.8, 4) is 0 Å². The van der Waals surface area contributed by atoms with Gasteiger partial charge in [0.15, 0.2) is 0 Å². The van der Waals surface area contributed by atoms with Crippen LogP contribution in [0.15, 0.2) is 42.9 Å². The van der Waals surface area contributed by atoms with Gasteiger partial charge in [-0.15, -0.1) is 0 Å². The van der Waals surface area contributed by atoms with E-state index in [1.54, 1.807) is 30.3 Å². The number of benzene rings is 1. The lowest BCUT2D eigenvalue weighted by molar-refractivity contribution is -0.147. The predicted octanol–water partition coefficient (Wildman–Crippen LogP) is -1.60. The van der Waals surface area contributed by atoms with Crippen molar-refractivity contribution in [1.82, 2.24) is 25.9 Å². The summed E-state index contributed by atoms with van der Waals surface area (Å²) in [4.78, 5) is 78.8. The Labute approximate surface area is 222 Å². The Kier molecular flexibility index (Phi) is 11.6. The highest BCUT2D eigenvalue weighted by molar-refractivity contribution is 5.95. The summed E-state index contributed by atoms with van der Waals surface area (Å²) >= 11 is 0. The zero-order valence-electron chi connectivity index (χ0n) is 20.7. The molecule has 1 aromatic heterocycles. The van der Waals surface area contributed by atoms with Crippen LogP contribution in [0.2, 0.25) is 0 Å². The lowest BCUT2D eigenvalue weighted by atomic mass is 10.0. The van der Waals surface area contributed by atoms with E-state index in [-0.39, 0.29) is 25.7 Å². The molecule has 15 nitrogen and oxygen atoms in total. The molecule has 4 atom stereocenters. The fourth-order valence-electron chi connectivity index (χ4n) is 3.49. The van der Waals surface area contributed by atoms with Crippen molar-refractivity contribution in [3.63, 3.8) is 0 Å². The molecule has 4 unspecified atom stereocenters. The highest BCUT2D eigenvalue weighted by atomic mass is 16.4. The van der Waals surface area contributed by atoms with E-state index in [0.717, 1.165) is 0 Å². The second-order valence-corrected chi connectivity index (χ2v) is 8.63. The second kappa shape index (κ2) is 14.8. The molecule has 15 heteroatoms. The van der Waals surface area contributed by atoms with Gasteiger partial charge in [0.25, 0.3) is 0 Å². The van der Waals surface area contributed by atoms with Gasteiger partial charge in [0.2, 0.25) is 17.7 Å². The third kappa shape index (κ3) is 10.6. The Bertz CT molecular complexity index is 1160. The van der Waals surface area contributed by atoms with Crippen LogP contribution in [0.25, 0.3) is 0 Å². The van der Waals surface area contributed by atoms with E-state index in [9.17, 15) is 33.9 Å². The number of amides is 3. The van der Waals surface area contributed by atoms with Crippen LogP contribution < -0.4 is 21.7 Å². The molecule has 3 amide bonds. The second-order valence-electron chi connectivity index (χ2n) is 8.63. The highest BCUT2D eigenvalue weighted by Gasteiger charge is 2.31. The summed E-state index contributed by atoms with van der Waals surface area (Å²) in [6.07, 6.45) is 1.09. The molecule has 0 bridgehead atoms. The molecule has 1 aromatic carbocycles. The molecule has 0 fully saturated rings. The molecule has 2 aromatic rings. The van der Waals surface area contributed by atoms with Crippen LogP contribution in [0.4, 0.5) is 0 Å². The van der Waals surface area contributed by atoms with Crippen LogP contribution in [0.1, 0.15) is 30.5 Å². The quantitative estimate of drug-likeness (QED) is 0.119. The minimum absolute atomic E-state index is 0.0147. The largest absolute Gasteiger partial charge is 0.481 e. The lowest BCUT2D eigenvalue weighted by Gasteiger charge is -2.25. The standard InChI is InChI=1S/C24H30N6O9/c25-15(6-7-19(31)32)21(35)28-16(8-13-4-2-1-3-5-13)22(36)29-17(9-14-11-26-12-27-14)23(37)30-18(24(38)39)10-20(33)34/h1-5,11-12,15-18H,6-10,25H2,(H,26,27)(H,28,35)(H,29,36)(H,30,37)(H,31,32)(H,33,34)(H,38,39). The summed E-state index contributed by atoms with van der Waals surface area (Å²) < 4.78 is 0. The van der Waals surface area contributed by atoms with Crippen molar-refractivity contribution in [2.24, 2.45) is 5.73 Å². The number of carboxylic acid groups (broad SMARTS) is 3. The lowest BCUT2D eigenvalue weighted by Crippen LogP contribution is -2.58. The number of H-pyrrole nitrogens is 1. The Balaban J connectivity index is 2.26. The fraction of sp³-hybridized carbons (Fsp3) is 0.375. The molecule has 9 N–H and O–H groups in total. The average molecular weight is 547 g/mol. The summed E-state index contributed by atoms with van der Waals surface area (Å²) in [6.45, 7) is 0. The third-order valence-corrected chi connectivity index (χ3v) is 5.53. The van der Waals surface area contributed by atoms with Gasteiger partial charge < -0.3 is 42.0 Å². The number of nitrogens with zero attached hydrogens (tertiary/aromatic N) is 1. The summed E-state index contributed by atoms with van der Waals surface area (Å²) in [6, 6.07) is 2.98. The van der Waals surface area contributed by atoms with E-state index in [4.69, 9.17) is 15.9 Å². The number of imidazole rings is 1. The van der Waals surface area contributed by atoms with Gasteiger partial charge in [-0.2, -0.15) is 0 Å². The molecule has 210 valence electrons. The molecule has 0 spiro atoms. The Hall–Kier alpha value is -4.79. The number of rotatable bonds is 16. The SMILES string of the molecule is NC(CCC(=O)O)C(=O)NC(Cc1ccccc1)C(=O)NC(Cc1cnc[nH]1)C(=O)NC(CC(=O)O)C(=O)O. The zero-order chi connectivity index (χ0) is 28.9. The number of carbonyl (C=O) groups excluding carboxylic acids is 3. The van der Waals surface area contributed by atoms with E-state index in [0.29, 0.717) is 11.3 Å². The number of aromatic amines is 1. The summed E-state index contributed by atoms with van der Waals surface area (Å²) in [5.74, 6) is -6.76. The molecular formula is C24H30N6O9. The Morgan fingerprint density at radius 3 is 1.95 bits per heavy atom. The number of hydrogen-bond acceptors (Lipinski definition) is 8. The molecule has 0 radical (unpaired) electrons. The number of nitrogens with one attached hydrogen (secondary N) is 4. The molecule has 39 heavy (non-hydrogen) atoms. The van der Waals surface area contributed by atoms with Gasteiger partial charge in [0.1, 0.15) is 18.1 Å². The van der Waals surface area contributed by atoms with Crippen molar-refractivity contribution in [1.29, 1.82) is 0 Å². The van der Waals surface area contributed by atoms with Crippen LogP contribution >= 0.6 is 0 Å². The maximum atomic E-state index is 13.3. The number of carbonyl (C=O) groups is 6. The predicted molar refractivity (Wildman–Crippen MR) is 133 cm³/mol. The van der Waals surface area contributed by atoms with E-state index in [1.807, 2.05) is 0 Å². The van der Waals surface area contributed by atoms with E-state index >= 15 is 0 Å². The van der Waals surface area contributed by atoms with Gasteiger partial charge in [-0.1, -0.05) is 30.3 Å². The molecule has 0 aliphatic heterocycles. The van der Waals surface area contributed by atoms with E-state index in [2.05, 4.69) is 25.9 Å². The number of aromatic nitrogens is 2. The molecule has 2 rings (SSSR count). The van der Waals surface area contributed by atoms with Gasteiger partial charge in [-0.3, -0.25) is 24.0 Å². The van der Waals surface area contributed by atoms with Gasteiger partial charge in [-0.05, 0) is 12.0 Å². The maximum absolute atomic E-state index is 13.3. The summed E-state index contributed by atoms with van der Waals surface area (Å²) in [5.41, 5.74) is 6.84. The molecule has 0 saturated heterocycles. The minimum atomic E-state index is -1.76. The van der Waals surface area contributed by atoms with Crippen LogP contribution in [-0.4, -0.2) is 85.1 Å². The summed E-state index contributed by atoms with van der Waals surface area (Å²) in [7, 11) is 0. The molecule has 0 saturated carbocycles. The molecule has 0 aliphatic rings. The van der Waals surface area contributed by atoms with Gasteiger partial charge in [0, 0.05) is 31.2 Å². The van der Waals surface area contributed by atoms with Crippen molar-refractivity contribution < 1.29 is 44.1 Å². The Morgan fingerprint density at radius 2 is 1.41 bits per heavy atom. The van der Waals surface area contributed by atoms with Gasteiger partial charge in [-0.25, -0.2) is 9.78 Å². The van der Waals surface area contributed by atoms with Crippen molar-refractivity contribution >= 4 is 35.6 Å². The maximum Gasteiger partial charge on any atom is 0.326 e. The number of nitrogens with two attached hydrogens (primary N) is 1. The first-order valence-electron chi connectivity index (χ1n) is 11.8. The average Bonchev–Trinajstić information content (AvgIpc) is 3.39. The van der Waals surface area contributed by atoms with Crippen molar-refractivity contribution in [3.05, 3.63) is 54.1 Å². The highest BCUT2D eigenvalue weighted by Crippen LogP contribution is 2.07. The third-order valence-electron chi connectivity index (χ3n) is 5.53. The topological polar surface area (TPSA) is 254 Å². The number of carboxylic acids is 3. The van der Waals surface area contributed by atoms with E-state index < -0.39 is 66.2 Å². The molecule has 1 heterocycles. The van der Waals surface area contributed by atoms with Gasteiger partial charge >= 0.3 is 17.9 Å². The van der Waals surface area contributed by atoms with Crippen molar-refractivity contribution in [2.45, 2.75) is 56.3 Å². The smallest absolute Gasteiger partial charge is 0.326 e. The Morgan fingerprint density at radius 1 is 0.821 bits per heavy atom. The normalized spacial score (nSPS) is 13.8. The molecular weight excluding hydrogens is 516 g/mol. The van der Waals surface area contributed by atoms with Crippen LogP contribution in [-0.2, 0) is 41.6 Å². The molecule has 0 aliphatic carbocycles. The van der Waals surface area contributed by atoms with E-state index in [1.165, 1.54) is 12.5 Å². The first-order valence-corrected chi connectivity index (χ1v) is 11.8. The van der Waals surface area contributed by atoms with Gasteiger partial charge in [0.05, 0.1) is 18.8 Å². The fourth-order valence-corrected chi connectivity index (χ4v) is 3.49. The van der Waals surface area contributed by atoms with Crippen LogP contribution in [0.5, 0.6) is 0 Å². The van der Waals surface area contributed by atoms with Crippen molar-refractivity contribution in [2.75, 3.05) is 0 Å². The van der Waals surface area contributed by atoms with Crippen LogP contribution in [0, 0.1) is 0 Å². The minimum Gasteiger partial charge on any atom is -0.481 e. The number of hydrogen-bond donors (Lipinski definition) is 8. The van der Waals surface area contributed by atoms with Crippen LogP contribution in [0.3, 0.4) is 0 Å². The first-order chi connectivity index (χ1) is 18.5. The summed E-state index contributed by atoms with van der Waals surface area (Å²) in [5, 5.41) is 34.2. The first kappa shape index (κ1) is 30.4. The zero-order valence-corrected chi connectivity index (χ0v) is 20.7. The monoisotopic (exact) mass is 546 g/mol.